The molecule has 0 spiro atoms. The Labute approximate surface area is 190 Å². The molecule has 32 heavy (non-hydrogen) atoms. The zero-order chi connectivity index (χ0) is 22.7. The molecule has 4 rings (SSSR count). The summed E-state index contributed by atoms with van der Waals surface area (Å²) in [6.45, 7) is 1.98. The second-order valence-electron chi connectivity index (χ2n) is 6.98. The summed E-state index contributed by atoms with van der Waals surface area (Å²) in [6, 6.07) is 20.1. The van der Waals surface area contributed by atoms with Gasteiger partial charge in [-0.1, -0.05) is 29.8 Å². The molecule has 1 amide bonds. The van der Waals surface area contributed by atoms with Crippen molar-refractivity contribution >= 4 is 23.2 Å². The Morgan fingerprint density at radius 3 is 2.44 bits per heavy atom. The number of aromatic nitrogens is 3. The van der Waals surface area contributed by atoms with Crippen LogP contribution >= 0.6 is 11.6 Å². The average Bonchev–Trinajstić information content (AvgIpc) is 3.25. The summed E-state index contributed by atoms with van der Waals surface area (Å²) < 4.78 is 12.3. The highest BCUT2D eigenvalue weighted by Crippen LogP contribution is 2.30. The van der Waals surface area contributed by atoms with Crippen LogP contribution in [-0.2, 0) is 0 Å². The standard InChI is InChI=1S/C24H21ClN4O3/c1-15-6-4-5-7-20(15)29-23(16-8-10-17(25)11-9-16)27-22(28-29)24(30)26-19-14-18(31-2)12-13-21(19)32-3/h4-14H,1-3H3,(H,26,30). The quantitative estimate of drug-likeness (QED) is 0.440. The van der Waals surface area contributed by atoms with E-state index in [-0.39, 0.29) is 5.82 Å². The maximum Gasteiger partial charge on any atom is 0.295 e. The van der Waals surface area contributed by atoms with Gasteiger partial charge in [-0.3, -0.25) is 4.79 Å². The summed E-state index contributed by atoms with van der Waals surface area (Å²) in [5, 5.41) is 7.95. The molecule has 1 heterocycles. The molecule has 3 aromatic carbocycles. The van der Waals surface area contributed by atoms with E-state index in [4.69, 9.17) is 21.1 Å². The van der Waals surface area contributed by atoms with Crippen molar-refractivity contribution in [3.05, 3.63) is 83.1 Å². The van der Waals surface area contributed by atoms with Gasteiger partial charge in [0.25, 0.3) is 5.91 Å². The number of halogens is 1. The van der Waals surface area contributed by atoms with Crippen LogP contribution in [0.4, 0.5) is 5.69 Å². The van der Waals surface area contributed by atoms with Crippen LogP contribution < -0.4 is 14.8 Å². The fourth-order valence-electron chi connectivity index (χ4n) is 3.25. The van der Waals surface area contributed by atoms with Crippen LogP contribution in [0, 0.1) is 6.92 Å². The first-order valence-corrected chi connectivity index (χ1v) is 10.2. The van der Waals surface area contributed by atoms with Gasteiger partial charge >= 0.3 is 0 Å². The highest BCUT2D eigenvalue weighted by atomic mass is 35.5. The lowest BCUT2D eigenvalue weighted by Gasteiger charge is -2.10. The number of para-hydroxylation sites is 1. The number of ether oxygens (including phenoxy) is 2. The summed E-state index contributed by atoms with van der Waals surface area (Å²) in [4.78, 5) is 17.6. The number of nitrogens with one attached hydrogen (secondary N) is 1. The van der Waals surface area contributed by atoms with E-state index in [2.05, 4.69) is 15.4 Å². The van der Waals surface area contributed by atoms with Gasteiger partial charge in [0.15, 0.2) is 5.82 Å². The number of anilines is 1. The van der Waals surface area contributed by atoms with E-state index in [0.29, 0.717) is 28.0 Å². The molecule has 0 atom stereocenters. The number of nitrogens with zero attached hydrogens (tertiary/aromatic N) is 3. The summed E-state index contributed by atoms with van der Waals surface area (Å²) >= 11 is 6.05. The van der Waals surface area contributed by atoms with Crippen molar-refractivity contribution in [3.63, 3.8) is 0 Å². The van der Waals surface area contributed by atoms with E-state index in [1.54, 1.807) is 42.1 Å². The molecule has 0 aliphatic rings. The molecule has 0 fully saturated rings. The number of rotatable bonds is 6. The van der Waals surface area contributed by atoms with E-state index < -0.39 is 5.91 Å². The monoisotopic (exact) mass is 448 g/mol. The molecule has 1 aromatic heterocycles. The number of amides is 1. The van der Waals surface area contributed by atoms with Gasteiger partial charge in [0.05, 0.1) is 25.6 Å². The van der Waals surface area contributed by atoms with E-state index in [9.17, 15) is 4.79 Å². The van der Waals surface area contributed by atoms with Crippen LogP contribution in [-0.4, -0.2) is 34.9 Å². The molecule has 0 radical (unpaired) electrons. The van der Waals surface area contributed by atoms with Gasteiger partial charge in [0.1, 0.15) is 11.5 Å². The predicted octanol–water partition coefficient (Wildman–Crippen LogP) is 5.17. The predicted molar refractivity (Wildman–Crippen MR) is 124 cm³/mol. The molecule has 8 heteroatoms. The molecule has 7 nitrogen and oxygen atoms in total. The van der Waals surface area contributed by atoms with Crippen LogP contribution in [0.1, 0.15) is 16.2 Å². The van der Waals surface area contributed by atoms with Crippen LogP contribution in [0.15, 0.2) is 66.7 Å². The Kier molecular flexibility index (Phi) is 6.09. The first-order valence-electron chi connectivity index (χ1n) is 9.82. The highest BCUT2D eigenvalue weighted by Gasteiger charge is 2.21. The molecule has 0 unspecified atom stereocenters. The maximum absolute atomic E-state index is 13.1. The number of aryl methyl sites for hydroxylation is 1. The summed E-state index contributed by atoms with van der Waals surface area (Å²) in [7, 11) is 3.08. The van der Waals surface area contributed by atoms with Crippen LogP contribution in [0.3, 0.4) is 0 Å². The third-order valence-electron chi connectivity index (χ3n) is 4.91. The van der Waals surface area contributed by atoms with E-state index >= 15 is 0 Å². The molecule has 162 valence electrons. The molecule has 0 saturated carbocycles. The van der Waals surface area contributed by atoms with Crippen LogP contribution in [0.2, 0.25) is 5.02 Å². The maximum atomic E-state index is 13.1. The third-order valence-corrected chi connectivity index (χ3v) is 5.16. The van der Waals surface area contributed by atoms with Gasteiger partial charge in [0.2, 0.25) is 5.82 Å². The van der Waals surface area contributed by atoms with Crippen molar-refractivity contribution < 1.29 is 14.3 Å². The molecule has 0 saturated heterocycles. The Balaban J connectivity index is 1.77. The number of hydrogen-bond acceptors (Lipinski definition) is 5. The molecule has 0 bridgehead atoms. The lowest BCUT2D eigenvalue weighted by Crippen LogP contribution is -2.15. The van der Waals surface area contributed by atoms with Gasteiger partial charge in [-0.2, -0.15) is 0 Å². The smallest absolute Gasteiger partial charge is 0.295 e. The molecule has 0 aliphatic carbocycles. The van der Waals surface area contributed by atoms with E-state index in [1.807, 2.05) is 43.3 Å². The highest BCUT2D eigenvalue weighted by molar-refractivity contribution is 6.30. The minimum absolute atomic E-state index is 0.0167. The number of carbonyl (C=O) groups excluding carboxylic acids is 1. The van der Waals surface area contributed by atoms with Gasteiger partial charge in [-0.15, -0.1) is 5.10 Å². The average molecular weight is 449 g/mol. The van der Waals surface area contributed by atoms with E-state index in [0.717, 1.165) is 16.8 Å². The van der Waals surface area contributed by atoms with Crippen molar-refractivity contribution in [2.24, 2.45) is 0 Å². The largest absolute Gasteiger partial charge is 0.497 e. The third kappa shape index (κ3) is 4.29. The van der Waals surface area contributed by atoms with E-state index in [1.165, 1.54) is 7.11 Å². The van der Waals surface area contributed by atoms with Crippen molar-refractivity contribution in [1.82, 2.24) is 14.8 Å². The zero-order valence-electron chi connectivity index (χ0n) is 17.8. The molecule has 0 aliphatic heterocycles. The summed E-state index contributed by atoms with van der Waals surface area (Å²) in [6.07, 6.45) is 0. The lowest BCUT2D eigenvalue weighted by molar-refractivity contribution is 0.101. The Morgan fingerprint density at radius 2 is 1.75 bits per heavy atom. The van der Waals surface area contributed by atoms with Crippen molar-refractivity contribution in [3.8, 4) is 28.6 Å². The normalized spacial score (nSPS) is 10.6. The second kappa shape index (κ2) is 9.11. The van der Waals surface area contributed by atoms with Crippen LogP contribution in [0.25, 0.3) is 17.1 Å². The van der Waals surface area contributed by atoms with Crippen molar-refractivity contribution in [2.75, 3.05) is 19.5 Å². The molecule has 1 N–H and O–H groups in total. The zero-order valence-corrected chi connectivity index (χ0v) is 18.6. The summed E-state index contributed by atoms with van der Waals surface area (Å²) in [5.41, 5.74) is 3.05. The Morgan fingerprint density at radius 1 is 1.00 bits per heavy atom. The van der Waals surface area contributed by atoms with Gasteiger partial charge in [-0.25, -0.2) is 9.67 Å². The van der Waals surface area contributed by atoms with Crippen LogP contribution in [0.5, 0.6) is 11.5 Å². The molecule has 4 aromatic rings. The number of carbonyl (C=O) groups is 1. The minimum atomic E-state index is -0.473. The Bertz CT molecular complexity index is 1270. The number of methoxy groups -OCH3 is 2. The van der Waals surface area contributed by atoms with Gasteiger partial charge in [-0.05, 0) is 55.0 Å². The number of hydrogen-bond donors (Lipinski definition) is 1. The van der Waals surface area contributed by atoms with Crippen molar-refractivity contribution in [1.29, 1.82) is 0 Å². The SMILES string of the molecule is COc1ccc(OC)c(NC(=O)c2nc(-c3ccc(Cl)cc3)n(-c3ccccc3C)n2)c1. The van der Waals surface area contributed by atoms with Gasteiger partial charge in [0, 0.05) is 16.7 Å². The number of benzene rings is 3. The second-order valence-corrected chi connectivity index (χ2v) is 7.42. The fraction of sp³-hybridized carbons (Fsp3) is 0.125. The first kappa shape index (κ1) is 21.4. The van der Waals surface area contributed by atoms with Gasteiger partial charge < -0.3 is 14.8 Å². The van der Waals surface area contributed by atoms with Crippen molar-refractivity contribution in [2.45, 2.75) is 6.92 Å². The Hall–Kier alpha value is -3.84. The molecular formula is C24H21ClN4O3. The first-order chi connectivity index (χ1) is 15.5. The molecular weight excluding hydrogens is 428 g/mol. The summed E-state index contributed by atoms with van der Waals surface area (Å²) in [5.74, 6) is 1.15. The topological polar surface area (TPSA) is 78.3 Å². The lowest BCUT2D eigenvalue weighted by atomic mass is 10.2. The minimum Gasteiger partial charge on any atom is -0.497 e. The fourth-order valence-corrected chi connectivity index (χ4v) is 3.38.